The molecule has 3 aromatic rings. The largest absolute Gasteiger partial charge is 0.478 e. The minimum absolute atomic E-state index is 0.0890. The molecule has 0 aliphatic carbocycles. The van der Waals surface area contributed by atoms with Crippen molar-refractivity contribution in [2.75, 3.05) is 0 Å². The van der Waals surface area contributed by atoms with Gasteiger partial charge in [0.2, 0.25) is 0 Å². The van der Waals surface area contributed by atoms with Crippen molar-refractivity contribution in [2.24, 2.45) is 5.92 Å². The molecule has 0 spiro atoms. The fourth-order valence-electron chi connectivity index (χ4n) is 4.13. The van der Waals surface area contributed by atoms with Crippen molar-refractivity contribution < 1.29 is 19.8 Å². The van der Waals surface area contributed by atoms with Gasteiger partial charge in [0.25, 0.3) is 0 Å². The molecule has 1 aromatic heterocycles. The predicted octanol–water partition coefficient (Wildman–Crippen LogP) is 5.15. The Bertz CT molecular complexity index is 1220. The lowest BCUT2D eigenvalue weighted by atomic mass is 9.99. The number of aromatic carboxylic acids is 2. The highest BCUT2D eigenvalue weighted by molar-refractivity contribution is 5.96. The number of imidazole rings is 1. The van der Waals surface area contributed by atoms with Crippen LogP contribution in [0.1, 0.15) is 72.1 Å². The van der Waals surface area contributed by atoms with Gasteiger partial charge < -0.3 is 10.2 Å². The molecule has 34 heavy (non-hydrogen) atoms. The summed E-state index contributed by atoms with van der Waals surface area (Å²) in [4.78, 5) is 37.0. The highest BCUT2D eigenvalue weighted by atomic mass is 16.4. The summed E-state index contributed by atoms with van der Waals surface area (Å²) in [5.74, 6) is -1.72. The standard InChI is InChI=1S/C27H32N2O5/c1-4-5-10-23-24(26(32)33)28(16-15-18(2)3)27(34)29(23)17-19-11-13-20(14-12-19)21-8-6-7-9-22(21)25(30)31/h6-9,11-14,18H,4-5,10,15-17H2,1-3H3,(H,30,31)(H,32,33). The zero-order chi connectivity index (χ0) is 24.8. The highest BCUT2D eigenvalue weighted by Crippen LogP contribution is 2.25. The van der Waals surface area contributed by atoms with Crippen LogP contribution in [0.3, 0.4) is 0 Å². The maximum atomic E-state index is 13.3. The van der Waals surface area contributed by atoms with E-state index in [0.717, 1.165) is 30.4 Å². The number of nitrogens with zero attached hydrogens (tertiary/aromatic N) is 2. The van der Waals surface area contributed by atoms with E-state index in [2.05, 4.69) is 0 Å². The maximum Gasteiger partial charge on any atom is 0.354 e. The molecule has 0 amide bonds. The Morgan fingerprint density at radius 1 is 0.941 bits per heavy atom. The van der Waals surface area contributed by atoms with Crippen LogP contribution < -0.4 is 5.69 Å². The van der Waals surface area contributed by atoms with E-state index in [-0.39, 0.29) is 23.5 Å². The third kappa shape index (κ3) is 5.47. The molecule has 3 rings (SSSR count). The van der Waals surface area contributed by atoms with Crippen molar-refractivity contribution in [3.8, 4) is 11.1 Å². The highest BCUT2D eigenvalue weighted by Gasteiger charge is 2.24. The van der Waals surface area contributed by atoms with Crippen molar-refractivity contribution >= 4 is 11.9 Å². The molecular weight excluding hydrogens is 432 g/mol. The van der Waals surface area contributed by atoms with E-state index in [0.29, 0.717) is 30.1 Å². The lowest BCUT2D eigenvalue weighted by molar-refractivity contribution is 0.0677. The van der Waals surface area contributed by atoms with Gasteiger partial charge in [-0.1, -0.05) is 69.7 Å². The first-order valence-electron chi connectivity index (χ1n) is 11.7. The van der Waals surface area contributed by atoms with E-state index in [1.807, 2.05) is 45.0 Å². The molecule has 2 aromatic carbocycles. The van der Waals surface area contributed by atoms with Crippen LogP contribution in [0.4, 0.5) is 0 Å². The molecule has 0 atom stereocenters. The van der Waals surface area contributed by atoms with Gasteiger partial charge in [0, 0.05) is 6.54 Å². The van der Waals surface area contributed by atoms with E-state index < -0.39 is 11.9 Å². The van der Waals surface area contributed by atoms with Gasteiger partial charge in [-0.15, -0.1) is 0 Å². The molecule has 0 saturated heterocycles. The summed E-state index contributed by atoms with van der Waals surface area (Å²) in [5.41, 5.74) is 2.80. The average Bonchev–Trinajstić information content (AvgIpc) is 3.07. The Kier molecular flexibility index (Phi) is 8.10. The van der Waals surface area contributed by atoms with Gasteiger partial charge in [-0.05, 0) is 47.9 Å². The SMILES string of the molecule is CCCCc1c(C(=O)O)n(CCC(C)C)c(=O)n1Cc1ccc(-c2ccccc2C(=O)O)cc1. The number of aromatic nitrogens is 2. The molecule has 1 heterocycles. The summed E-state index contributed by atoms with van der Waals surface area (Å²) in [5, 5.41) is 19.4. The summed E-state index contributed by atoms with van der Waals surface area (Å²) in [7, 11) is 0. The number of hydrogen-bond donors (Lipinski definition) is 2. The number of hydrogen-bond acceptors (Lipinski definition) is 3. The van der Waals surface area contributed by atoms with Gasteiger partial charge in [0.1, 0.15) is 0 Å². The smallest absolute Gasteiger partial charge is 0.354 e. The minimum atomic E-state index is -1.08. The number of unbranched alkanes of at least 4 members (excludes halogenated alkanes) is 1. The van der Waals surface area contributed by atoms with Gasteiger partial charge >= 0.3 is 17.6 Å². The van der Waals surface area contributed by atoms with Crippen LogP contribution in [-0.2, 0) is 19.5 Å². The lowest BCUT2D eigenvalue weighted by Gasteiger charge is -2.10. The third-order valence-corrected chi connectivity index (χ3v) is 5.99. The first kappa shape index (κ1) is 25.0. The number of rotatable bonds is 11. The minimum Gasteiger partial charge on any atom is -0.478 e. The quantitative estimate of drug-likeness (QED) is 0.409. The Hall–Kier alpha value is -3.61. The topological polar surface area (TPSA) is 102 Å². The van der Waals surface area contributed by atoms with E-state index in [4.69, 9.17) is 0 Å². The number of carboxylic acid groups (broad SMARTS) is 2. The van der Waals surface area contributed by atoms with Crippen molar-refractivity contribution in [1.82, 2.24) is 9.13 Å². The first-order valence-corrected chi connectivity index (χ1v) is 11.7. The molecular formula is C27H32N2O5. The van der Waals surface area contributed by atoms with Crippen LogP contribution >= 0.6 is 0 Å². The van der Waals surface area contributed by atoms with Crippen LogP contribution in [0, 0.1) is 5.92 Å². The molecule has 0 aliphatic heterocycles. The molecule has 0 radical (unpaired) electrons. The Balaban J connectivity index is 2.00. The molecule has 2 N–H and O–H groups in total. The third-order valence-electron chi connectivity index (χ3n) is 5.99. The van der Waals surface area contributed by atoms with Crippen molar-refractivity contribution in [3.05, 3.63) is 81.5 Å². The van der Waals surface area contributed by atoms with Crippen LogP contribution in [0.5, 0.6) is 0 Å². The van der Waals surface area contributed by atoms with E-state index in [9.17, 15) is 24.6 Å². The van der Waals surface area contributed by atoms with Gasteiger partial charge in [0.05, 0.1) is 17.8 Å². The van der Waals surface area contributed by atoms with Gasteiger partial charge in [0.15, 0.2) is 5.69 Å². The Morgan fingerprint density at radius 3 is 2.21 bits per heavy atom. The first-order chi connectivity index (χ1) is 16.2. The summed E-state index contributed by atoms with van der Waals surface area (Å²) in [6.07, 6.45) is 2.92. The average molecular weight is 465 g/mol. The molecule has 7 heteroatoms. The number of carboxylic acids is 2. The van der Waals surface area contributed by atoms with Crippen LogP contribution in [0.15, 0.2) is 53.3 Å². The number of benzene rings is 2. The second-order valence-electron chi connectivity index (χ2n) is 8.95. The van der Waals surface area contributed by atoms with Crippen LogP contribution in [-0.4, -0.2) is 31.3 Å². The second kappa shape index (κ2) is 11.0. The fraction of sp³-hybridized carbons (Fsp3) is 0.370. The molecule has 180 valence electrons. The van der Waals surface area contributed by atoms with Gasteiger partial charge in [-0.2, -0.15) is 0 Å². The zero-order valence-electron chi connectivity index (χ0n) is 20.0. The monoisotopic (exact) mass is 464 g/mol. The fourth-order valence-corrected chi connectivity index (χ4v) is 4.13. The summed E-state index contributed by atoms with van der Waals surface area (Å²) < 4.78 is 2.99. The lowest BCUT2D eigenvalue weighted by Crippen LogP contribution is -2.27. The molecule has 0 bridgehead atoms. The predicted molar refractivity (Wildman–Crippen MR) is 132 cm³/mol. The van der Waals surface area contributed by atoms with Gasteiger partial charge in [-0.25, -0.2) is 14.4 Å². The number of carbonyl (C=O) groups is 2. The van der Waals surface area contributed by atoms with Crippen molar-refractivity contribution in [1.29, 1.82) is 0 Å². The summed E-state index contributed by atoms with van der Waals surface area (Å²) in [6.45, 7) is 6.75. The van der Waals surface area contributed by atoms with Crippen molar-refractivity contribution in [3.63, 3.8) is 0 Å². The van der Waals surface area contributed by atoms with Crippen LogP contribution in [0.2, 0.25) is 0 Å². The zero-order valence-corrected chi connectivity index (χ0v) is 20.0. The maximum absolute atomic E-state index is 13.3. The van der Waals surface area contributed by atoms with E-state index >= 15 is 0 Å². The molecule has 0 aliphatic rings. The molecule has 0 unspecified atom stereocenters. The summed E-state index contributed by atoms with van der Waals surface area (Å²) >= 11 is 0. The Labute approximate surface area is 199 Å². The van der Waals surface area contributed by atoms with Crippen LogP contribution in [0.25, 0.3) is 11.1 Å². The van der Waals surface area contributed by atoms with Crippen molar-refractivity contribution in [2.45, 2.75) is 59.5 Å². The van der Waals surface area contributed by atoms with E-state index in [1.165, 1.54) is 4.57 Å². The molecule has 0 saturated carbocycles. The van der Waals surface area contributed by atoms with Gasteiger partial charge in [-0.3, -0.25) is 9.13 Å². The normalized spacial score (nSPS) is 11.2. The summed E-state index contributed by atoms with van der Waals surface area (Å²) in [6, 6.07) is 14.2. The van der Waals surface area contributed by atoms with E-state index in [1.54, 1.807) is 28.8 Å². The second-order valence-corrected chi connectivity index (χ2v) is 8.95. The Morgan fingerprint density at radius 2 is 1.62 bits per heavy atom. The molecule has 7 nitrogen and oxygen atoms in total. The molecule has 0 fully saturated rings.